The highest BCUT2D eigenvalue weighted by molar-refractivity contribution is 5.77. The molecule has 28 heavy (non-hydrogen) atoms. The van der Waals surface area contributed by atoms with Gasteiger partial charge in [0.15, 0.2) is 0 Å². The van der Waals surface area contributed by atoms with Crippen molar-refractivity contribution in [3.63, 3.8) is 0 Å². The fourth-order valence-electron chi connectivity index (χ4n) is 4.38. The molecule has 1 spiro atoms. The summed E-state index contributed by atoms with van der Waals surface area (Å²) in [6.45, 7) is 4.35. The Balaban J connectivity index is 1.47. The maximum absolute atomic E-state index is 12.4. The zero-order chi connectivity index (χ0) is 19.6. The summed E-state index contributed by atoms with van der Waals surface area (Å²) in [4.78, 5) is 23.5. The Kier molecular flexibility index (Phi) is 5.35. The van der Waals surface area contributed by atoms with Crippen LogP contribution in [0.2, 0.25) is 0 Å². The molecule has 0 saturated carbocycles. The highest BCUT2D eigenvalue weighted by atomic mass is 16.5. The first-order valence-electron chi connectivity index (χ1n) is 10.1. The third-order valence-corrected chi connectivity index (χ3v) is 5.95. The largest absolute Gasteiger partial charge is 0.341 e. The highest BCUT2D eigenvalue weighted by Crippen LogP contribution is 2.39. The minimum atomic E-state index is 0.131. The van der Waals surface area contributed by atoms with Crippen LogP contribution in [0, 0.1) is 5.41 Å². The van der Waals surface area contributed by atoms with E-state index in [1.54, 1.807) is 0 Å². The number of hydrogen-bond donors (Lipinski definition) is 0. The standard InChI is InChI=1S/C21H29N5O2/c1-24(2)13-14-25-15-21(11-9-18(25)27)10-6-12-26(16-21)20-22-19(28-23-20)17-7-4-3-5-8-17/h3-5,7-8H,6,9-16H2,1-2H3. The Labute approximate surface area is 166 Å². The minimum absolute atomic E-state index is 0.131. The fraction of sp³-hybridized carbons (Fsp3) is 0.571. The molecule has 2 aromatic rings. The molecule has 2 saturated heterocycles. The number of likely N-dealkylation sites (tertiary alicyclic amines) is 1. The van der Waals surface area contributed by atoms with Crippen LogP contribution in [-0.2, 0) is 4.79 Å². The molecule has 1 unspecified atom stereocenters. The molecule has 1 amide bonds. The second-order valence-corrected chi connectivity index (χ2v) is 8.41. The third kappa shape index (κ3) is 4.04. The molecular formula is C21H29N5O2. The van der Waals surface area contributed by atoms with E-state index in [0.717, 1.165) is 57.5 Å². The van der Waals surface area contributed by atoms with Crippen LogP contribution in [0.25, 0.3) is 11.5 Å². The van der Waals surface area contributed by atoms with E-state index in [9.17, 15) is 4.79 Å². The third-order valence-electron chi connectivity index (χ3n) is 5.95. The number of carbonyl (C=O) groups excluding carboxylic acids is 1. The molecule has 3 heterocycles. The molecule has 1 aromatic heterocycles. The van der Waals surface area contributed by atoms with Gasteiger partial charge in [0.2, 0.25) is 5.91 Å². The Bertz CT molecular complexity index is 806. The number of nitrogens with zero attached hydrogens (tertiary/aromatic N) is 5. The maximum Gasteiger partial charge on any atom is 0.266 e. The van der Waals surface area contributed by atoms with Gasteiger partial charge >= 0.3 is 0 Å². The van der Waals surface area contributed by atoms with E-state index in [1.807, 2.05) is 44.4 Å². The topological polar surface area (TPSA) is 65.7 Å². The molecular weight excluding hydrogens is 354 g/mol. The van der Waals surface area contributed by atoms with Gasteiger partial charge in [0, 0.05) is 50.1 Å². The maximum atomic E-state index is 12.4. The van der Waals surface area contributed by atoms with Gasteiger partial charge in [0.1, 0.15) is 0 Å². The SMILES string of the molecule is CN(C)CCN1CC2(CCCN(c3noc(-c4ccccc4)n3)C2)CCC1=O. The van der Waals surface area contributed by atoms with Gasteiger partial charge in [-0.1, -0.05) is 18.2 Å². The van der Waals surface area contributed by atoms with E-state index in [2.05, 4.69) is 24.8 Å². The summed E-state index contributed by atoms with van der Waals surface area (Å²) in [5.41, 5.74) is 1.07. The van der Waals surface area contributed by atoms with Gasteiger partial charge < -0.3 is 19.2 Å². The van der Waals surface area contributed by atoms with Crippen molar-refractivity contribution in [2.75, 3.05) is 51.7 Å². The van der Waals surface area contributed by atoms with E-state index in [4.69, 9.17) is 4.52 Å². The van der Waals surface area contributed by atoms with Crippen molar-refractivity contribution >= 4 is 11.9 Å². The lowest BCUT2D eigenvalue weighted by atomic mass is 9.73. The molecule has 1 aromatic carbocycles. The predicted molar refractivity (Wildman–Crippen MR) is 108 cm³/mol. The number of likely N-dealkylation sites (N-methyl/N-ethyl adjacent to an activating group) is 1. The molecule has 2 aliphatic rings. The molecule has 0 N–H and O–H groups in total. The van der Waals surface area contributed by atoms with Gasteiger partial charge in [-0.05, 0) is 50.6 Å². The van der Waals surface area contributed by atoms with Crippen molar-refractivity contribution in [3.05, 3.63) is 30.3 Å². The van der Waals surface area contributed by atoms with Gasteiger partial charge in [-0.3, -0.25) is 4.79 Å². The van der Waals surface area contributed by atoms with Crippen molar-refractivity contribution in [2.24, 2.45) is 5.41 Å². The van der Waals surface area contributed by atoms with Crippen LogP contribution in [0.5, 0.6) is 0 Å². The van der Waals surface area contributed by atoms with Crippen molar-refractivity contribution < 1.29 is 9.32 Å². The summed E-state index contributed by atoms with van der Waals surface area (Å²) in [7, 11) is 4.10. The number of hydrogen-bond acceptors (Lipinski definition) is 6. The van der Waals surface area contributed by atoms with Crippen LogP contribution in [0.1, 0.15) is 25.7 Å². The van der Waals surface area contributed by atoms with Crippen LogP contribution < -0.4 is 4.90 Å². The first-order valence-corrected chi connectivity index (χ1v) is 10.1. The Morgan fingerprint density at radius 2 is 2.00 bits per heavy atom. The zero-order valence-electron chi connectivity index (χ0n) is 16.8. The zero-order valence-corrected chi connectivity index (χ0v) is 16.8. The molecule has 7 nitrogen and oxygen atoms in total. The average Bonchev–Trinajstić information content (AvgIpc) is 3.20. The first kappa shape index (κ1) is 18.9. The van der Waals surface area contributed by atoms with Crippen LogP contribution >= 0.6 is 0 Å². The van der Waals surface area contributed by atoms with Crippen molar-refractivity contribution in [1.29, 1.82) is 0 Å². The van der Waals surface area contributed by atoms with E-state index in [-0.39, 0.29) is 11.3 Å². The number of amides is 1. The van der Waals surface area contributed by atoms with Gasteiger partial charge in [-0.25, -0.2) is 0 Å². The molecule has 2 fully saturated rings. The number of carbonyl (C=O) groups is 1. The number of anilines is 1. The lowest BCUT2D eigenvalue weighted by Crippen LogP contribution is -2.55. The smallest absolute Gasteiger partial charge is 0.266 e. The predicted octanol–water partition coefficient (Wildman–Crippen LogP) is 2.51. The van der Waals surface area contributed by atoms with E-state index in [0.29, 0.717) is 18.3 Å². The summed E-state index contributed by atoms with van der Waals surface area (Å²) in [6, 6.07) is 9.86. The normalized spacial score (nSPS) is 23.0. The molecule has 0 aliphatic carbocycles. The highest BCUT2D eigenvalue weighted by Gasteiger charge is 2.42. The van der Waals surface area contributed by atoms with Crippen LogP contribution in [0.15, 0.2) is 34.9 Å². The summed E-state index contributed by atoms with van der Waals surface area (Å²) in [6.07, 6.45) is 3.83. The van der Waals surface area contributed by atoms with Crippen molar-refractivity contribution in [1.82, 2.24) is 19.9 Å². The van der Waals surface area contributed by atoms with E-state index >= 15 is 0 Å². The summed E-state index contributed by atoms with van der Waals surface area (Å²) in [5, 5.41) is 4.24. The van der Waals surface area contributed by atoms with Crippen molar-refractivity contribution in [3.8, 4) is 11.5 Å². The molecule has 0 radical (unpaired) electrons. The monoisotopic (exact) mass is 383 g/mol. The molecule has 150 valence electrons. The number of piperidine rings is 2. The first-order chi connectivity index (χ1) is 13.5. The number of benzene rings is 1. The second-order valence-electron chi connectivity index (χ2n) is 8.41. The minimum Gasteiger partial charge on any atom is -0.341 e. The Morgan fingerprint density at radius 1 is 1.18 bits per heavy atom. The molecule has 4 rings (SSSR count). The van der Waals surface area contributed by atoms with E-state index < -0.39 is 0 Å². The van der Waals surface area contributed by atoms with Crippen molar-refractivity contribution in [2.45, 2.75) is 25.7 Å². The Morgan fingerprint density at radius 3 is 2.79 bits per heavy atom. The summed E-state index contributed by atoms with van der Waals surface area (Å²) < 4.78 is 5.51. The summed E-state index contributed by atoms with van der Waals surface area (Å²) >= 11 is 0. The molecule has 2 aliphatic heterocycles. The van der Waals surface area contributed by atoms with Gasteiger partial charge in [0.05, 0.1) is 0 Å². The number of rotatable bonds is 5. The van der Waals surface area contributed by atoms with Crippen LogP contribution in [0.4, 0.5) is 5.95 Å². The van der Waals surface area contributed by atoms with Gasteiger partial charge in [-0.2, -0.15) is 4.98 Å². The Hall–Kier alpha value is -2.41. The molecule has 1 atom stereocenters. The quantitative estimate of drug-likeness (QED) is 0.790. The molecule has 7 heteroatoms. The average molecular weight is 383 g/mol. The lowest BCUT2D eigenvalue weighted by Gasteiger charge is -2.48. The lowest BCUT2D eigenvalue weighted by molar-refractivity contribution is -0.138. The van der Waals surface area contributed by atoms with E-state index in [1.165, 1.54) is 0 Å². The number of aromatic nitrogens is 2. The second kappa shape index (κ2) is 7.91. The summed E-state index contributed by atoms with van der Waals surface area (Å²) in [5.74, 6) is 1.51. The van der Waals surface area contributed by atoms with Crippen LogP contribution in [0.3, 0.4) is 0 Å². The van der Waals surface area contributed by atoms with Crippen LogP contribution in [-0.4, -0.2) is 72.7 Å². The fourth-order valence-corrected chi connectivity index (χ4v) is 4.38. The van der Waals surface area contributed by atoms with Gasteiger partial charge in [-0.15, -0.1) is 0 Å². The van der Waals surface area contributed by atoms with Gasteiger partial charge in [0.25, 0.3) is 11.8 Å². The molecule has 0 bridgehead atoms.